The third-order valence-corrected chi connectivity index (χ3v) is 5.30. The lowest BCUT2D eigenvalue weighted by Gasteiger charge is -2.15. The number of aryl methyl sites for hydroxylation is 1. The van der Waals surface area contributed by atoms with Crippen LogP contribution in [-0.2, 0) is 22.9 Å². The largest absolute Gasteiger partial charge is 0.494 e. The van der Waals surface area contributed by atoms with E-state index in [-0.39, 0.29) is 0 Å². The second-order valence-corrected chi connectivity index (χ2v) is 8.18. The summed E-state index contributed by atoms with van der Waals surface area (Å²) >= 11 is 0. The van der Waals surface area contributed by atoms with Gasteiger partial charge in [0.15, 0.2) is 15.8 Å². The first-order valence-corrected chi connectivity index (χ1v) is 10.7. The summed E-state index contributed by atoms with van der Waals surface area (Å²) in [6.45, 7) is 5.51. The van der Waals surface area contributed by atoms with Crippen LogP contribution in [0.15, 0.2) is 52.4 Å². The number of hydrogen-bond donors (Lipinski definition) is 2. The van der Waals surface area contributed by atoms with Crippen molar-refractivity contribution in [2.75, 3.05) is 19.9 Å². The number of aliphatic imine (C=N–C) groups is 1. The average molecular weight is 390 g/mol. The van der Waals surface area contributed by atoms with Crippen LogP contribution in [0.2, 0.25) is 0 Å². The molecule has 0 aliphatic carbocycles. The summed E-state index contributed by atoms with van der Waals surface area (Å²) in [5.74, 6) is 1.51. The van der Waals surface area contributed by atoms with Crippen molar-refractivity contribution in [1.29, 1.82) is 0 Å². The molecule has 2 aromatic rings. The highest BCUT2D eigenvalue weighted by atomic mass is 32.2. The number of para-hydroxylation sites is 1. The first-order valence-electron chi connectivity index (χ1n) is 8.80. The van der Waals surface area contributed by atoms with E-state index in [9.17, 15) is 8.42 Å². The van der Waals surface area contributed by atoms with Gasteiger partial charge in [-0.05, 0) is 37.1 Å². The van der Waals surface area contributed by atoms with Gasteiger partial charge in [-0.1, -0.05) is 30.3 Å². The second kappa shape index (κ2) is 9.41. The Balaban J connectivity index is 1.98. The van der Waals surface area contributed by atoms with Crippen molar-refractivity contribution in [3.8, 4) is 5.75 Å². The number of sulfone groups is 1. The molecule has 0 aliphatic rings. The van der Waals surface area contributed by atoms with Gasteiger partial charge in [0.25, 0.3) is 0 Å². The Morgan fingerprint density at radius 2 is 1.81 bits per heavy atom. The number of rotatable bonds is 7. The minimum absolute atomic E-state index is 0.362. The van der Waals surface area contributed by atoms with Crippen molar-refractivity contribution in [2.24, 2.45) is 4.99 Å². The van der Waals surface area contributed by atoms with Crippen LogP contribution in [0.5, 0.6) is 5.75 Å². The molecule has 0 bridgehead atoms. The lowest BCUT2D eigenvalue weighted by molar-refractivity contribution is 0.336. The van der Waals surface area contributed by atoms with Gasteiger partial charge in [-0.2, -0.15) is 0 Å². The Morgan fingerprint density at radius 1 is 1.11 bits per heavy atom. The van der Waals surface area contributed by atoms with Crippen LogP contribution in [0, 0.1) is 6.92 Å². The summed E-state index contributed by atoms with van der Waals surface area (Å²) in [5, 5.41) is 6.51. The highest BCUT2D eigenvalue weighted by molar-refractivity contribution is 7.90. The highest BCUT2D eigenvalue weighted by Crippen LogP contribution is 2.18. The summed E-state index contributed by atoms with van der Waals surface area (Å²) < 4.78 is 29.1. The van der Waals surface area contributed by atoms with Crippen LogP contribution in [0.3, 0.4) is 0 Å². The molecule has 0 fully saturated rings. The van der Waals surface area contributed by atoms with Gasteiger partial charge in [0, 0.05) is 32.0 Å². The van der Waals surface area contributed by atoms with Gasteiger partial charge in [-0.25, -0.2) is 8.42 Å². The van der Waals surface area contributed by atoms with Crippen molar-refractivity contribution < 1.29 is 13.2 Å². The molecule has 0 unspecified atom stereocenters. The van der Waals surface area contributed by atoms with Gasteiger partial charge in [0.1, 0.15) is 5.75 Å². The molecule has 0 aromatic heterocycles. The molecule has 0 saturated carbocycles. The minimum Gasteiger partial charge on any atom is -0.494 e. The molecular weight excluding hydrogens is 362 g/mol. The fraction of sp³-hybridized carbons (Fsp3) is 0.350. The molecule has 7 heteroatoms. The normalized spacial score (nSPS) is 11.9. The van der Waals surface area contributed by atoms with E-state index in [2.05, 4.69) is 15.6 Å². The van der Waals surface area contributed by atoms with Crippen LogP contribution < -0.4 is 15.4 Å². The lowest BCUT2D eigenvalue weighted by Crippen LogP contribution is -2.36. The first kappa shape index (κ1) is 20.8. The average Bonchev–Trinajstić information content (AvgIpc) is 2.62. The standard InChI is InChI=1S/C20H27N3O3S/c1-5-26-18-9-7-6-8-17(18)14-23-20(21-3)22-13-16-10-11-19(15(2)12-16)27(4,24)25/h6-12H,5,13-14H2,1-4H3,(H2,21,22,23). The lowest BCUT2D eigenvalue weighted by atomic mass is 10.1. The molecule has 27 heavy (non-hydrogen) atoms. The summed E-state index contributed by atoms with van der Waals surface area (Å²) in [5.41, 5.74) is 2.78. The van der Waals surface area contributed by atoms with E-state index in [1.54, 1.807) is 20.0 Å². The van der Waals surface area contributed by atoms with Crippen molar-refractivity contribution >= 4 is 15.8 Å². The van der Waals surface area contributed by atoms with Gasteiger partial charge in [0.05, 0.1) is 11.5 Å². The van der Waals surface area contributed by atoms with E-state index >= 15 is 0 Å². The fourth-order valence-corrected chi connectivity index (χ4v) is 3.73. The molecular formula is C20H27N3O3S. The minimum atomic E-state index is -3.20. The number of hydrogen-bond acceptors (Lipinski definition) is 4. The molecule has 2 N–H and O–H groups in total. The Bertz CT molecular complexity index is 908. The van der Waals surface area contributed by atoms with Gasteiger partial charge in [0.2, 0.25) is 0 Å². The van der Waals surface area contributed by atoms with E-state index in [1.165, 1.54) is 6.26 Å². The molecule has 0 aliphatic heterocycles. The molecule has 146 valence electrons. The summed E-state index contributed by atoms with van der Waals surface area (Å²) in [6.07, 6.45) is 1.22. The number of benzene rings is 2. The quantitative estimate of drug-likeness (QED) is 0.562. The smallest absolute Gasteiger partial charge is 0.191 e. The van der Waals surface area contributed by atoms with E-state index in [4.69, 9.17) is 4.74 Å². The van der Waals surface area contributed by atoms with Gasteiger partial charge < -0.3 is 15.4 Å². The number of ether oxygens (including phenoxy) is 1. The van der Waals surface area contributed by atoms with Gasteiger partial charge in [-0.3, -0.25) is 4.99 Å². The predicted octanol–water partition coefficient (Wildman–Crippen LogP) is 2.66. The highest BCUT2D eigenvalue weighted by Gasteiger charge is 2.11. The molecule has 6 nitrogen and oxygen atoms in total. The van der Waals surface area contributed by atoms with Gasteiger partial charge in [-0.15, -0.1) is 0 Å². The number of guanidine groups is 1. The van der Waals surface area contributed by atoms with E-state index in [0.717, 1.165) is 22.4 Å². The van der Waals surface area contributed by atoms with Crippen LogP contribution in [0.1, 0.15) is 23.6 Å². The Morgan fingerprint density at radius 3 is 2.44 bits per heavy atom. The molecule has 2 rings (SSSR count). The molecule has 0 heterocycles. The van der Waals surface area contributed by atoms with E-state index in [0.29, 0.717) is 30.6 Å². The zero-order chi connectivity index (χ0) is 19.9. The molecule has 0 amide bonds. The number of nitrogens with one attached hydrogen (secondary N) is 2. The van der Waals surface area contributed by atoms with Crippen LogP contribution in [0.4, 0.5) is 0 Å². The first-order chi connectivity index (χ1) is 12.8. The van der Waals surface area contributed by atoms with Crippen molar-refractivity contribution in [3.63, 3.8) is 0 Å². The van der Waals surface area contributed by atoms with Crippen molar-refractivity contribution in [1.82, 2.24) is 10.6 Å². The second-order valence-electron chi connectivity index (χ2n) is 6.19. The molecule has 2 aromatic carbocycles. The van der Waals surface area contributed by atoms with E-state index in [1.807, 2.05) is 43.3 Å². The molecule has 0 atom stereocenters. The summed E-state index contributed by atoms with van der Waals surface area (Å²) in [7, 11) is -1.49. The maximum absolute atomic E-state index is 11.7. The Kier molecular flexibility index (Phi) is 7.24. The third kappa shape index (κ3) is 5.99. The van der Waals surface area contributed by atoms with Crippen molar-refractivity contribution in [3.05, 3.63) is 59.2 Å². The van der Waals surface area contributed by atoms with Crippen LogP contribution in [-0.4, -0.2) is 34.3 Å². The maximum Gasteiger partial charge on any atom is 0.191 e. The van der Waals surface area contributed by atoms with Gasteiger partial charge >= 0.3 is 0 Å². The fourth-order valence-electron chi connectivity index (χ4n) is 2.77. The molecule has 0 saturated heterocycles. The number of nitrogens with zero attached hydrogens (tertiary/aromatic N) is 1. The maximum atomic E-state index is 11.7. The zero-order valence-electron chi connectivity index (χ0n) is 16.2. The van der Waals surface area contributed by atoms with Crippen LogP contribution >= 0.6 is 0 Å². The SMILES string of the molecule is CCOc1ccccc1CNC(=NC)NCc1ccc(S(C)(=O)=O)c(C)c1. The topological polar surface area (TPSA) is 79.8 Å². The Labute approximate surface area is 161 Å². The third-order valence-electron chi connectivity index (χ3n) is 4.04. The van der Waals surface area contributed by atoms with Crippen LogP contribution in [0.25, 0.3) is 0 Å². The monoisotopic (exact) mass is 389 g/mol. The summed E-state index contributed by atoms with van der Waals surface area (Å²) in [6, 6.07) is 13.2. The van der Waals surface area contributed by atoms with E-state index < -0.39 is 9.84 Å². The molecule has 0 spiro atoms. The molecule has 0 radical (unpaired) electrons. The Hall–Kier alpha value is -2.54. The zero-order valence-corrected chi connectivity index (χ0v) is 17.1. The van der Waals surface area contributed by atoms with Crippen molar-refractivity contribution in [2.45, 2.75) is 31.8 Å². The predicted molar refractivity (Wildman–Crippen MR) is 109 cm³/mol. The summed E-state index contributed by atoms with van der Waals surface area (Å²) in [4.78, 5) is 4.59.